The molecule has 23 heavy (non-hydrogen) atoms. The first kappa shape index (κ1) is 16.3. The van der Waals surface area contributed by atoms with Gasteiger partial charge in [-0.2, -0.15) is 0 Å². The molecule has 126 valence electrons. The number of ether oxygens (including phenoxy) is 3. The third kappa shape index (κ3) is 4.03. The topological polar surface area (TPSA) is 48.0 Å². The molecule has 0 unspecified atom stereocenters. The Bertz CT molecular complexity index is 507. The minimum Gasteiger partial charge on any atom is -0.490 e. The minimum absolute atomic E-state index is 0.0777. The third-order valence-electron chi connectivity index (χ3n) is 4.83. The average molecular weight is 319 g/mol. The second-order valence-electron chi connectivity index (χ2n) is 6.31. The van der Waals surface area contributed by atoms with E-state index in [-0.39, 0.29) is 18.6 Å². The fraction of sp³-hybridized carbons (Fsp3) is 0.611. The first-order valence-corrected chi connectivity index (χ1v) is 8.34. The molecule has 2 fully saturated rings. The summed E-state index contributed by atoms with van der Waals surface area (Å²) in [5.41, 5.74) is 0. The van der Waals surface area contributed by atoms with Crippen LogP contribution in [0.25, 0.3) is 0 Å². The number of amides is 1. The highest BCUT2D eigenvalue weighted by Crippen LogP contribution is 2.40. The Morgan fingerprint density at radius 2 is 2.00 bits per heavy atom. The Labute approximate surface area is 137 Å². The molecule has 0 bridgehead atoms. The molecule has 1 saturated heterocycles. The van der Waals surface area contributed by atoms with Crippen molar-refractivity contribution >= 4 is 5.91 Å². The molecule has 0 N–H and O–H groups in total. The summed E-state index contributed by atoms with van der Waals surface area (Å²) in [6, 6.07) is 9.96. The van der Waals surface area contributed by atoms with E-state index in [0.29, 0.717) is 25.0 Å². The summed E-state index contributed by atoms with van der Waals surface area (Å²) in [6.45, 7) is 2.75. The van der Waals surface area contributed by atoms with E-state index in [2.05, 4.69) is 0 Å². The summed E-state index contributed by atoms with van der Waals surface area (Å²) in [7, 11) is 1.62. The lowest BCUT2D eigenvalue weighted by molar-refractivity contribution is -0.135. The summed E-state index contributed by atoms with van der Waals surface area (Å²) in [6.07, 6.45) is 2.43. The number of likely N-dealkylation sites (tertiary alicyclic amines) is 1. The molecule has 5 nitrogen and oxygen atoms in total. The van der Waals surface area contributed by atoms with E-state index in [1.807, 2.05) is 35.2 Å². The molecule has 1 heterocycles. The maximum atomic E-state index is 12.2. The van der Waals surface area contributed by atoms with Gasteiger partial charge in [-0.15, -0.1) is 0 Å². The fourth-order valence-electron chi connectivity index (χ4n) is 3.63. The number of benzene rings is 1. The fourth-order valence-corrected chi connectivity index (χ4v) is 3.63. The van der Waals surface area contributed by atoms with Crippen molar-refractivity contribution < 1.29 is 19.0 Å². The molecule has 0 spiro atoms. The van der Waals surface area contributed by atoms with Gasteiger partial charge in [0.05, 0.1) is 13.2 Å². The van der Waals surface area contributed by atoms with E-state index in [4.69, 9.17) is 14.2 Å². The van der Waals surface area contributed by atoms with Crippen molar-refractivity contribution in [3.63, 3.8) is 0 Å². The van der Waals surface area contributed by atoms with Gasteiger partial charge in [0.25, 0.3) is 0 Å². The zero-order valence-corrected chi connectivity index (χ0v) is 13.6. The Morgan fingerprint density at radius 3 is 2.78 bits per heavy atom. The molecule has 3 rings (SSSR count). The van der Waals surface area contributed by atoms with E-state index in [1.165, 1.54) is 0 Å². The highest BCUT2D eigenvalue weighted by Gasteiger charge is 2.45. The van der Waals surface area contributed by atoms with Crippen molar-refractivity contribution in [2.45, 2.75) is 18.9 Å². The first-order valence-electron chi connectivity index (χ1n) is 8.34. The van der Waals surface area contributed by atoms with Crippen LogP contribution in [0.2, 0.25) is 0 Å². The number of nitrogens with zero attached hydrogens (tertiary/aromatic N) is 1. The summed E-state index contributed by atoms with van der Waals surface area (Å²) >= 11 is 0. The number of para-hydroxylation sites is 1. The molecule has 1 aromatic carbocycles. The molecule has 1 amide bonds. The van der Waals surface area contributed by atoms with Gasteiger partial charge in [0.1, 0.15) is 18.5 Å². The molecular formula is C18H25NO4. The minimum atomic E-state index is 0.0777. The van der Waals surface area contributed by atoms with Gasteiger partial charge in [-0.3, -0.25) is 4.79 Å². The van der Waals surface area contributed by atoms with Crippen molar-refractivity contribution in [2.24, 2.45) is 11.8 Å². The molecule has 0 aromatic heterocycles. The van der Waals surface area contributed by atoms with Gasteiger partial charge < -0.3 is 19.1 Å². The highest BCUT2D eigenvalue weighted by atomic mass is 16.5. The second-order valence-corrected chi connectivity index (χ2v) is 6.31. The largest absolute Gasteiger partial charge is 0.490 e. The molecule has 1 aliphatic heterocycles. The number of carbonyl (C=O) groups is 1. The smallest absolute Gasteiger partial charge is 0.248 e. The maximum absolute atomic E-state index is 12.2. The van der Waals surface area contributed by atoms with Crippen LogP contribution in [0.3, 0.4) is 0 Å². The number of hydrogen-bond donors (Lipinski definition) is 0. The number of hydrogen-bond acceptors (Lipinski definition) is 4. The zero-order chi connectivity index (χ0) is 16.1. The van der Waals surface area contributed by atoms with E-state index in [1.54, 1.807) is 7.11 Å². The number of carbonyl (C=O) groups excluding carboxylic acids is 1. The molecular weight excluding hydrogens is 294 g/mol. The van der Waals surface area contributed by atoms with E-state index in [9.17, 15) is 4.79 Å². The Morgan fingerprint density at radius 1 is 1.17 bits per heavy atom. The summed E-state index contributed by atoms with van der Waals surface area (Å²) in [5, 5.41) is 0. The highest BCUT2D eigenvalue weighted by molar-refractivity contribution is 5.77. The normalized spacial score (nSPS) is 26.3. The molecule has 5 heteroatoms. The van der Waals surface area contributed by atoms with Crippen LogP contribution in [-0.4, -0.2) is 56.9 Å². The van der Waals surface area contributed by atoms with E-state index >= 15 is 0 Å². The van der Waals surface area contributed by atoms with Gasteiger partial charge in [-0.1, -0.05) is 18.2 Å². The van der Waals surface area contributed by atoms with Crippen LogP contribution < -0.4 is 4.74 Å². The molecule has 1 aliphatic carbocycles. The van der Waals surface area contributed by atoms with Crippen molar-refractivity contribution in [1.29, 1.82) is 0 Å². The molecule has 3 atom stereocenters. The van der Waals surface area contributed by atoms with Crippen LogP contribution in [0.15, 0.2) is 30.3 Å². The van der Waals surface area contributed by atoms with Crippen LogP contribution >= 0.6 is 0 Å². The summed E-state index contributed by atoms with van der Waals surface area (Å²) in [5.74, 6) is 2.00. The van der Waals surface area contributed by atoms with Crippen LogP contribution in [0.1, 0.15) is 12.8 Å². The standard InChI is InChI=1S/C18H25NO4/c1-21-9-10-22-13-18(20)19-11-14-7-8-17(16(14)12-19)23-15-5-3-2-4-6-15/h2-6,14,16-17H,7-13H2,1H3/t14-,16+,17-/m0/s1. The number of rotatable bonds is 7. The number of methoxy groups -OCH3 is 1. The van der Waals surface area contributed by atoms with Gasteiger partial charge in [-0.05, 0) is 30.9 Å². The van der Waals surface area contributed by atoms with E-state index < -0.39 is 0 Å². The van der Waals surface area contributed by atoms with Crippen molar-refractivity contribution in [3.8, 4) is 5.75 Å². The maximum Gasteiger partial charge on any atom is 0.248 e. The quantitative estimate of drug-likeness (QED) is 0.721. The predicted octanol–water partition coefficient (Wildman–Crippen LogP) is 1.97. The molecule has 1 aromatic rings. The average Bonchev–Trinajstić information content (AvgIpc) is 3.14. The zero-order valence-electron chi connectivity index (χ0n) is 13.6. The van der Waals surface area contributed by atoms with Crippen LogP contribution in [0, 0.1) is 11.8 Å². The van der Waals surface area contributed by atoms with Crippen molar-refractivity contribution in [2.75, 3.05) is 40.0 Å². The van der Waals surface area contributed by atoms with Crippen LogP contribution in [0.5, 0.6) is 5.75 Å². The summed E-state index contributed by atoms with van der Waals surface area (Å²) in [4.78, 5) is 14.2. The molecule has 2 aliphatic rings. The van der Waals surface area contributed by atoms with Gasteiger partial charge >= 0.3 is 0 Å². The van der Waals surface area contributed by atoms with Gasteiger partial charge in [-0.25, -0.2) is 0 Å². The Balaban J connectivity index is 1.49. The Hall–Kier alpha value is -1.59. The van der Waals surface area contributed by atoms with Crippen molar-refractivity contribution in [3.05, 3.63) is 30.3 Å². The molecule has 1 saturated carbocycles. The van der Waals surface area contributed by atoms with Crippen LogP contribution in [-0.2, 0) is 14.3 Å². The predicted molar refractivity (Wildman–Crippen MR) is 86.3 cm³/mol. The first-order chi connectivity index (χ1) is 11.3. The van der Waals surface area contributed by atoms with Crippen molar-refractivity contribution in [1.82, 2.24) is 4.90 Å². The van der Waals surface area contributed by atoms with Gasteiger partial charge in [0.15, 0.2) is 0 Å². The third-order valence-corrected chi connectivity index (χ3v) is 4.83. The monoisotopic (exact) mass is 319 g/mol. The lowest BCUT2D eigenvalue weighted by Crippen LogP contribution is -2.35. The number of fused-ring (bicyclic) bond motifs is 1. The Kier molecular flexibility index (Phi) is 5.51. The van der Waals surface area contributed by atoms with Gasteiger partial charge in [0, 0.05) is 26.1 Å². The second kappa shape index (κ2) is 7.79. The van der Waals surface area contributed by atoms with Crippen LogP contribution in [0.4, 0.5) is 0 Å². The van der Waals surface area contributed by atoms with E-state index in [0.717, 1.165) is 31.7 Å². The summed E-state index contributed by atoms with van der Waals surface area (Å²) < 4.78 is 16.4. The lowest BCUT2D eigenvalue weighted by Gasteiger charge is -2.22. The SMILES string of the molecule is COCCOCC(=O)N1C[C@@H]2CC[C@H](Oc3ccccc3)[C@@H]2C1. The molecule has 0 radical (unpaired) electrons. The lowest BCUT2D eigenvalue weighted by atomic mass is 9.99. The van der Waals surface area contributed by atoms with Gasteiger partial charge in [0.2, 0.25) is 5.91 Å².